The molecule has 2 amide bonds. The molecule has 11 heteroatoms. The van der Waals surface area contributed by atoms with Crippen LogP contribution in [-0.4, -0.2) is 64.4 Å². The van der Waals surface area contributed by atoms with Crippen LogP contribution < -0.4 is 16.4 Å². The smallest absolute Gasteiger partial charge is 0.247 e. The first-order chi connectivity index (χ1) is 14.8. The van der Waals surface area contributed by atoms with Crippen molar-refractivity contribution in [3.05, 3.63) is 29.3 Å². The van der Waals surface area contributed by atoms with Gasteiger partial charge in [0.2, 0.25) is 17.6 Å². The van der Waals surface area contributed by atoms with Crippen LogP contribution in [0.1, 0.15) is 36.0 Å². The third-order valence-corrected chi connectivity index (χ3v) is 5.99. The van der Waals surface area contributed by atoms with E-state index in [9.17, 15) is 19.2 Å². The summed E-state index contributed by atoms with van der Waals surface area (Å²) in [6.07, 6.45) is 0.534. The molecule has 2 heterocycles. The average molecular weight is 445 g/mol. The highest BCUT2D eigenvalue weighted by atomic mass is 32.1. The number of para-hydroxylation sites is 1. The van der Waals surface area contributed by atoms with E-state index in [1.807, 2.05) is 18.2 Å². The van der Waals surface area contributed by atoms with Crippen molar-refractivity contribution >= 4 is 50.9 Å². The van der Waals surface area contributed by atoms with Crippen molar-refractivity contribution in [3.8, 4) is 0 Å². The Kier molecular flexibility index (Phi) is 7.08. The van der Waals surface area contributed by atoms with Gasteiger partial charge in [-0.1, -0.05) is 12.1 Å². The maximum absolute atomic E-state index is 13.4. The summed E-state index contributed by atoms with van der Waals surface area (Å²) in [4.78, 5) is 55.9. The molecule has 0 saturated carbocycles. The van der Waals surface area contributed by atoms with E-state index >= 15 is 0 Å². The molecule has 0 aliphatic carbocycles. The van der Waals surface area contributed by atoms with Gasteiger partial charge in [-0.05, 0) is 25.0 Å². The summed E-state index contributed by atoms with van der Waals surface area (Å²) >= 11 is 1.20. The molecule has 2 atom stereocenters. The second-order valence-corrected chi connectivity index (χ2v) is 8.28. The lowest BCUT2D eigenvalue weighted by Gasteiger charge is -2.29. The van der Waals surface area contributed by atoms with E-state index in [0.29, 0.717) is 18.5 Å². The number of carbonyl (C=O) groups excluding carboxylic acids is 4. The minimum Gasteiger partial charge on any atom is -0.370 e. The predicted molar refractivity (Wildman–Crippen MR) is 116 cm³/mol. The third-order valence-electron chi connectivity index (χ3n) is 4.94. The number of rotatable bonds is 8. The quantitative estimate of drug-likeness (QED) is 0.197. The molecule has 1 aliphatic rings. The molecule has 0 radical (unpaired) electrons. The van der Waals surface area contributed by atoms with Crippen LogP contribution in [0.3, 0.4) is 0 Å². The zero-order chi connectivity index (χ0) is 22.5. The van der Waals surface area contributed by atoms with E-state index in [-0.39, 0.29) is 36.1 Å². The molecule has 0 bridgehead atoms. The standard InChI is InChI=1S/C20H24N6O4S/c1-11(27)26(19(30)14-9-12(28)10-24-14)15(6-4-8-23-20(21)22)17(29)18-25-13-5-2-3-7-16(13)31-18/h2-3,5,7,14-15,24H,4,6,8-10H2,1H3,(H4,21,22,23)/t14-,15?/m0/s1. The second kappa shape index (κ2) is 9.75. The Morgan fingerprint density at radius 2 is 2.13 bits per heavy atom. The molecule has 1 unspecified atom stereocenters. The lowest BCUT2D eigenvalue weighted by atomic mass is 10.0. The Bertz CT molecular complexity index is 1000. The van der Waals surface area contributed by atoms with E-state index in [1.54, 1.807) is 6.07 Å². The minimum atomic E-state index is -1.07. The number of amides is 2. The highest BCUT2D eigenvalue weighted by Crippen LogP contribution is 2.25. The summed E-state index contributed by atoms with van der Waals surface area (Å²) in [6, 6.07) is 5.38. The number of carbonyl (C=O) groups is 4. The number of guanidine groups is 1. The van der Waals surface area contributed by atoms with E-state index in [0.717, 1.165) is 9.60 Å². The van der Waals surface area contributed by atoms with Gasteiger partial charge < -0.3 is 11.1 Å². The fourth-order valence-corrected chi connectivity index (χ4v) is 4.45. The normalized spacial score (nSPS) is 16.8. The summed E-state index contributed by atoms with van der Waals surface area (Å²) in [7, 11) is 0. The van der Waals surface area contributed by atoms with Crippen LogP contribution in [0.15, 0.2) is 24.3 Å². The summed E-state index contributed by atoms with van der Waals surface area (Å²) < 4.78 is 0.826. The van der Waals surface area contributed by atoms with Gasteiger partial charge in [0.25, 0.3) is 0 Å². The molecule has 2 aromatic rings. The molecule has 31 heavy (non-hydrogen) atoms. The van der Waals surface area contributed by atoms with Crippen LogP contribution >= 0.6 is 11.3 Å². The second-order valence-electron chi connectivity index (χ2n) is 7.25. The van der Waals surface area contributed by atoms with E-state index in [2.05, 4.69) is 15.6 Å². The Labute approximate surface area is 182 Å². The Morgan fingerprint density at radius 1 is 1.39 bits per heavy atom. The van der Waals surface area contributed by atoms with Crippen LogP contribution in [-0.2, 0) is 14.4 Å². The Hall–Kier alpha value is -3.18. The molecule has 164 valence electrons. The number of nitrogens with zero attached hydrogens (tertiary/aromatic N) is 2. The van der Waals surface area contributed by atoms with Gasteiger partial charge in [-0.25, -0.2) is 4.98 Å². The highest BCUT2D eigenvalue weighted by molar-refractivity contribution is 7.20. The molecule has 1 aromatic heterocycles. The number of thiazole rings is 1. The number of Topliss-reactive ketones (excluding diaryl/α,β-unsaturated/α-hetero) is 2. The summed E-state index contributed by atoms with van der Waals surface area (Å²) in [6.45, 7) is 1.58. The zero-order valence-corrected chi connectivity index (χ0v) is 17.8. The first-order valence-corrected chi connectivity index (χ1v) is 10.7. The van der Waals surface area contributed by atoms with E-state index < -0.39 is 29.7 Å². The number of nitrogens with one attached hydrogen (secondary N) is 3. The average Bonchev–Trinajstić information content (AvgIpc) is 3.35. The summed E-state index contributed by atoms with van der Waals surface area (Å²) in [5, 5.41) is 12.9. The Morgan fingerprint density at radius 3 is 2.74 bits per heavy atom. The number of nitrogens with two attached hydrogens (primary N) is 1. The van der Waals surface area contributed by atoms with Crippen LogP contribution in [0.25, 0.3) is 10.2 Å². The van der Waals surface area contributed by atoms with Crippen LogP contribution in [0, 0.1) is 5.41 Å². The van der Waals surface area contributed by atoms with Crippen molar-refractivity contribution in [2.45, 2.75) is 38.3 Å². The lowest BCUT2D eigenvalue weighted by molar-refractivity contribution is -0.147. The number of fused-ring (bicyclic) bond motifs is 1. The fourth-order valence-electron chi connectivity index (χ4n) is 3.50. The lowest BCUT2D eigenvalue weighted by Crippen LogP contribution is -2.53. The molecule has 0 spiro atoms. The SMILES string of the molecule is CC(=O)N(C(=O)[C@@H]1CC(=O)CN1)C(CCCNC(=N)N)C(=O)c1nc2ccccc2s1. The fraction of sp³-hybridized carbons (Fsp3) is 0.400. The minimum absolute atomic E-state index is 0.0173. The molecule has 10 nitrogen and oxygen atoms in total. The molecule has 1 aliphatic heterocycles. The molecule has 5 N–H and O–H groups in total. The molecule has 1 saturated heterocycles. The van der Waals surface area contributed by atoms with Crippen LogP contribution in [0.5, 0.6) is 0 Å². The van der Waals surface area contributed by atoms with Gasteiger partial charge in [0.05, 0.1) is 22.8 Å². The van der Waals surface area contributed by atoms with Crippen molar-refractivity contribution in [1.82, 2.24) is 20.5 Å². The Balaban J connectivity index is 1.89. The van der Waals surface area contributed by atoms with Crippen LogP contribution in [0.2, 0.25) is 0 Å². The van der Waals surface area contributed by atoms with E-state index in [4.69, 9.17) is 11.1 Å². The maximum atomic E-state index is 13.4. The van der Waals surface area contributed by atoms with Crippen LogP contribution in [0.4, 0.5) is 0 Å². The number of aromatic nitrogens is 1. The molecule has 3 rings (SSSR count). The number of hydrogen-bond acceptors (Lipinski definition) is 8. The van der Waals surface area contributed by atoms with Crippen molar-refractivity contribution < 1.29 is 19.2 Å². The van der Waals surface area contributed by atoms with Crippen molar-refractivity contribution in [3.63, 3.8) is 0 Å². The molecular formula is C20H24N6O4S. The first kappa shape index (κ1) is 22.5. The van der Waals surface area contributed by atoms with Gasteiger partial charge in [-0.2, -0.15) is 0 Å². The monoisotopic (exact) mass is 444 g/mol. The number of imide groups is 1. The molecule has 1 aromatic carbocycles. The maximum Gasteiger partial charge on any atom is 0.247 e. The first-order valence-electron chi connectivity index (χ1n) is 9.84. The van der Waals surface area contributed by atoms with Gasteiger partial charge in [0.1, 0.15) is 11.8 Å². The van der Waals surface area contributed by atoms with Crippen molar-refractivity contribution in [1.29, 1.82) is 5.41 Å². The zero-order valence-electron chi connectivity index (χ0n) is 17.0. The summed E-state index contributed by atoms with van der Waals surface area (Å²) in [5.41, 5.74) is 5.96. The van der Waals surface area contributed by atoms with Gasteiger partial charge in [-0.15, -0.1) is 11.3 Å². The molecular weight excluding hydrogens is 420 g/mol. The third kappa shape index (κ3) is 5.30. The van der Waals surface area contributed by atoms with Gasteiger partial charge in [0, 0.05) is 19.9 Å². The van der Waals surface area contributed by atoms with Gasteiger partial charge in [0.15, 0.2) is 11.0 Å². The van der Waals surface area contributed by atoms with Gasteiger partial charge in [-0.3, -0.25) is 34.8 Å². The predicted octanol–water partition coefficient (Wildman–Crippen LogP) is 0.417. The highest BCUT2D eigenvalue weighted by Gasteiger charge is 2.39. The van der Waals surface area contributed by atoms with Crippen molar-refractivity contribution in [2.75, 3.05) is 13.1 Å². The number of ketones is 2. The molecule has 1 fully saturated rings. The topological polar surface area (TPSA) is 158 Å². The largest absolute Gasteiger partial charge is 0.370 e. The van der Waals surface area contributed by atoms with Gasteiger partial charge >= 0.3 is 0 Å². The van der Waals surface area contributed by atoms with E-state index in [1.165, 1.54) is 18.3 Å². The summed E-state index contributed by atoms with van der Waals surface area (Å²) in [5.74, 6) is -1.94. The number of benzene rings is 1. The van der Waals surface area contributed by atoms with Crippen molar-refractivity contribution in [2.24, 2.45) is 5.73 Å². The number of hydrogen-bond donors (Lipinski definition) is 4.